The van der Waals surface area contributed by atoms with Crippen molar-refractivity contribution >= 4 is 21.8 Å². The molecule has 0 saturated carbocycles. The van der Waals surface area contributed by atoms with Crippen LogP contribution in [0.1, 0.15) is 0 Å². The molecular formula is C18H12CuN2O2. The van der Waals surface area contributed by atoms with Gasteiger partial charge in [-0.05, 0) is 23.9 Å². The van der Waals surface area contributed by atoms with Gasteiger partial charge in [0.15, 0.2) is 0 Å². The van der Waals surface area contributed by atoms with Crippen molar-refractivity contribution in [3.63, 3.8) is 0 Å². The van der Waals surface area contributed by atoms with E-state index in [-0.39, 0.29) is 28.8 Å². The van der Waals surface area contributed by atoms with Crippen molar-refractivity contribution in [2.45, 2.75) is 0 Å². The van der Waals surface area contributed by atoms with Gasteiger partial charge in [-0.1, -0.05) is 60.7 Å². The largest absolute Gasteiger partial charge is 2.00 e. The average molecular weight is 352 g/mol. The van der Waals surface area contributed by atoms with Gasteiger partial charge >= 0.3 is 17.1 Å². The number of benzene rings is 2. The summed E-state index contributed by atoms with van der Waals surface area (Å²) < 4.78 is 0. The number of aromatic nitrogens is 2. The van der Waals surface area contributed by atoms with Gasteiger partial charge in [0.05, 0.1) is 11.0 Å². The number of hydrogen-bond donors (Lipinski definition) is 0. The molecule has 1 radical (unpaired) electrons. The molecule has 4 rings (SSSR count). The number of nitrogens with zero attached hydrogens (tertiary/aromatic N) is 2. The van der Waals surface area contributed by atoms with Gasteiger partial charge in [-0.25, -0.2) is 0 Å². The molecule has 0 aliphatic heterocycles. The number of rotatable bonds is 0. The van der Waals surface area contributed by atoms with E-state index in [0.717, 1.165) is 21.8 Å². The van der Waals surface area contributed by atoms with E-state index in [2.05, 4.69) is 9.97 Å². The first kappa shape index (κ1) is 16.7. The number of fused-ring (bicyclic) bond motifs is 2. The van der Waals surface area contributed by atoms with E-state index in [1.165, 1.54) is 12.1 Å². The molecule has 4 nitrogen and oxygen atoms in total. The molecule has 0 spiro atoms. The van der Waals surface area contributed by atoms with E-state index in [9.17, 15) is 10.2 Å². The summed E-state index contributed by atoms with van der Waals surface area (Å²) in [6.45, 7) is 0. The van der Waals surface area contributed by atoms with Gasteiger partial charge in [0.25, 0.3) is 0 Å². The van der Waals surface area contributed by atoms with Gasteiger partial charge in [-0.15, -0.1) is 0 Å². The molecule has 4 aromatic rings. The van der Waals surface area contributed by atoms with Crippen LogP contribution in [0.25, 0.3) is 21.8 Å². The van der Waals surface area contributed by atoms with E-state index in [1.807, 2.05) is 48.5 Å². The summed E-state index contributed by atoms with van der Waals surface area (Å²) >= 11 is 0. The fraction of sp³-hybridized carbons (Fsp3) is 0. The topological polar surface area (TPSA) is 71.9 Å². The molecule has 2 heterocycles. The van der Waals surface area contributed by atoms with Crippen molar-refractivity contribution in [2.24, 2.45) is 0 Å². The molecule has 0 bridgehead atoms. The summed E-state index contributed by atoms with van der Waals surface area (Å²) in [6, 6.07) is 21.6. The van der Waals surface area contributed by atoms with Crippen molar-refractivity contribution in [2.75, 3.05) is 0 Å². The van der Waals surface area contributed by atoms with Crippen molar-refractivity contribution in [3.8, 4) is 11.8 Å². The SMILES string of the molecule is [Cu+2].[O-]c1ccc2ccccc2n1.[O-]c1ccc2ccccc2n1. The number of hydrogen-bond acceptors (Lipinski definition) is 4. The molecular weight excluding hydrogens is 340 g/mol. The Balaban J connectivity index is 0.000000160. The minimum atomic E-state index is -0.177. The number of pyridine rings is 2. The number of para-hydroxylation sites is 2. The van der Waals surface area contributed by atoms with Crippen molar-refractivity contribution in [1.82, 2.24) is 9.97 Å². The Hall–Kier alpha value is -2.62. The summed E-state index contributed by atoms with van der Waals surface area (Å²) in [5, 5.41) is 23.6. The van der Waals surface area contributed by atoms with Gasteiger partial charge < -0.3 is 10.2 Å². The van der Waals surface area contributed by atoms with E-state index >= 15 is 0 Å². The van der Waals surface area contributed by atoms with E-state index in [0.29, 0.717) is 0 Å². The fourth-order valence-electron chi connectivity index (χ4n) is 2.09. The maximum atomic E-state index is 10.8. The van der Waals surface area contributed by atoms with Gasteiger partial charge in [0.2, 0.25) is 0 Å². The zero-order chi connectivity index (χ0) is 15.4. The van der Waals surface area contributed by atoms with Crippen LogP contribution in [0, 0.1) is 0 Å². The van der Waals surface area contributed by atoms with Gasteiger partial charge in [0, 0.05) is 10.8 Å². The van der Waals surface area contributed by atoms with Crippen molar-refractivity contribution in [3.05, 3.63) is 72.8 Å². The molecule has 0 unspecified atom stereocenters. The van der Waals surface area contributed by atoms with Crippen LogP contribution < -0.4 is 10.2 Å². The van der Waals surface area contributed by atoms with Crippen LogP contribution in [0.3, 0.4) is 0 Å². The van der Waals surface area contributed by atoms with Crippen LogP contribution in [-0.4, -0.2) is 9.97 Å². The zero-order valence-electron chi connectivity index (χ0n) is 11.9. The first-order chi connectivity index (χ1) is 10.7. The monoisotopic (exact) mass is 351 g/mol. The van der Waals surface area contributed by atoms with Crippen LogP contribution in [0.4, 0.5) is 0 Å². The van der Waals surface area contributed by atoms with Crippen LogP contribution in [0.15, 0.2) is 72.8 Å². The van der Waals surface area contributed by atoms with Gasteiger partial charge in [-0.3, -0.25) is 9.97 Å². The van der Waals surface area contributed by atoms with Crippen LogP contribution in [0.5, 0.6) is 11.8 Å². The summed E-state index contributed by atoms with van der Waals surface area (Å²) in [7, 11) is 0. The second kappa shape index (κ2) is 7.58. The minimum absolute atomic E-state index is 0. The predicted octanol–water partition coefficient (Wildman–Crippen LogP) is 2.61. The summed E-state index contributed by atoms with van der Waals surface area (Å²) in [5.41, 5.74) is 1.53. The van der Waals surface area contributed by atoms with Gasteiger partial charge in [0.1, 0.15) is 0 Å². The Kier molecular flexibility index (Phi) is 5.52. The molecule has 0 atom stereocenters. The molecule has 0 saturated heterocycles. The summed E-state index contributed by atoms with van der Waals surface area (Å²) in [5.74, 6) is -0.354. The maximum absolute atomic E-state index is 10.8. The third kappa shape index (κ3) is 4.19. The summed E-state index contributed by atoms with van der Waals surface area (Å²) in [4.78, 5) is 7.64. The Morgan fingerprint density at radius 3 is 1.35 bits per heavy atom. The molecule has 117 valence electrons. The molecule has 0 aliphatic rings. The molecule has 2 aromatic heterocycles. The molecule has 5 heteroatoms. The zero-order valence-corrected chi connectivity index (χ0v) is 12.9. The Bertz CT molecular complexity index is 851. The minimum Gasteiger partial charge on any atom is -0.859 e. The third-order valence-corrected chi connectivity index (χ3v) is 3.15. The third-order valence-electron chi connectivity index (χ3n) is 3.15. The van der Waals surface area contributed by atoms with Crippen LogP contribution in [-0.2, 0) is 17.1 Å². The predicted molar refractivity (Wildman–Crippen MR) is 82.4 cm³/mol. The molecule has 23 heavy (non-hydrogen) atoms. The normalized spacial score (nSPS) is 9.74. The second-order valence-corrected chi connectivity index (χ2v) is 4.68. The molecule has 0 fully saturated rings. The van der Waals surface area contributed by atoms with Crippen LogP contribution >= 0.6 is 0 Å². The van der Waals surface area contributed by atoms with E-state index in [1.54, 1.807) is 12.1 Å². The Labute approximate surface area is 143 Å². The van der Waals surface area contributed by atoms with E-state index in [4.69, 9.17) is 0 Å². The van der Waals surface area contributed by atoms with E-state index < -0.39 is 0 Å². The Morgan fingerprint density at radius 1 is 0.522 bits per heavy atom. The Morgan fingerprint density at radius 2 is 0.913 bits per heavy atom. The van der Waals surface area contributed by atoms with Crippen molar-refractivity contribution < 1.29 is 27.3 Å². The first-order valence-electron chi connectivity index (χ1n) is 6.78. The molecule has 2 aromatic carbocycles. The van der Waals surface area contributed by atoms with Crippen molar-refractivity contribution in [1.29, 1.82) is 0 Å². The molecule has 0 N–H and O–H groups in total. The first-order valence-corrected chi connectivity index (χ1v) is 6.78. The fourth-order valence-corrected chi connectivity index (χ4v) is 2.09. The van der Waals surface area contributed by atoms with Gasteiger partial charge in [-0.2, -0.15) is 0 Å². The smallest absolute Gasteiger partial charge is 0.859 e. The maximum Gasteiger partial charge on any atom is 2.00 e. The molecule has 0 amide bonds. The second-order valence-electron chi connectivity index (χ2n) is 4.68. The van der Waals surface area contributed by atoms with Crippen LogP contribution in [0.2, 0.25) is 0 Å². The standard InChI is InChI=1S/2C9H7NO.Cu/c2*11-9-6-5-7-3-1-2-4-8(7)10-9;/h2*1-6H,(H,10,11);/q;;+2/p-2. The molecule has 0 aliphatic carbocycles. The quantitative estimate of drug-likeness (QED) is 0.456. The summed E-state index contributed by atoms with van der Waals surface area (Å²) in [6.07, 6.45) is 0. The average Bonchev–Trinajstić information content (AvgIpc) is 2.55.